The first-order valence-corrected chi connectivity index (χ1v) is 8.15. The van der Waals surface area contributed by atoms with Crippen molar-refractivity contribution < 1.29 is 48.7 Å². The third-order valence-corrected chi connectivity index (χ3v) is 4.08. The summed E-state index contributed by atoms with van der Waals surface area (Å²) >= 11 is 0. The highest BCUT2D eigenvalue weighted by Crippen LogP contribution is 2.28. The first-order valence-electron chi connectivity index (χ1n) is 8.15. The van der Waals surface area contributed by atoms with Crippen molar-refractivity contribution in [3.63, 3.8) is 0 Å². The molecule has 4 unspecified atom stereocenters. The quantitative estimate of drug-likeness (QED) is 0.219. The van der Waals surface area contributed by atoms with Gasteiger partial charge >= 0.3 is 6.16 Å². The number of ether oxygens (including phenoxy) is 4. The Hall–Kier alpha value is -2.45. The Kier molecular flexibility index (Phi) is 7.32. The molecule has 0 aromatic carbocycles. The van der Waals surface area contributed by atoms with Gasteiger partial charge in [0.05, 0.1) is 19.8 Å². The lowest BCUT2D eigenvalue weighted by Gasteiger charge is -2.20. The Balaban J connectivity index is 1.68. The number of carbonyl (C=O) groups is 1. The summed E-state index contributed by atoms with van der Waals surface area (Å²) in [5.74, 6) is 0. The molecular formula is C13H20N2O12. The highest BCUT2D eigenvalue weighted by atomic mass is 17.0. The minimum atomic E-state index is -1.21. The molecule has 0 amide bonds. The molecule has 0 aromatic rings. The first-order chi connectivity index (χ1) is 12.8. The predicted octanol–water partition coefficient (Wildman–Crippen LogP) is -0.379. The predicted molar refractivity (Wildman–Crippen MR) is 80.4 cm³/mol. The molecule has 154 valence electrons. The third kappa shape index (κ3) is 6.04. The van der Waals surface area contributed by atoms with E-state index >= 15 is 0 Å². The van der Waals surface area contributed by atoms with Crippen LogP contribution < -0.4 is 0 Å². The first kappa shape index (κ1) is 20.9. The molecule has 0 saturated carbocycles. The number of carbonyl (C=O) groups excluding carboxylic acids is 1. The van der Waals surface area contributed by atoms with E-state index in [-0.39, 0.29) is 32.7 Å². The molecule has 2 rings (SSSR count). The summed E-state index contributed by atoms with van der Waals surface area (Å²) in [6, 6.07) is 0. The van der Waals surface area contributed by atoms with Crippen LogP contribution in [0, 0.1) is 20.2 Å². The van der Waals surface area contributed by atoms with Gasteiger partial charge in [0.2, 0.25) is 0 Å². The summed E-state index contributed by atoms with van der Waals surface area (Å²) in [7, 11) is 0. The van der Waals surface area contributed by atoms with Gasteiger partial charge in [0.1, 0.15) is 30.5 Å². The van der Waals surface area contributed by atoms with E-state index in [1.165, 1.54) is 6.92 Å². The van der Waals surface area contributed by atoms with Crippen molar-refractivity contribution in [2.45, 2.75) is 56.4 Å². The average molecular weight is 396 g/mol. The standard InChI is InChI=1S/C13H20N2O12/c1-7(26-14(18)19)9(27-15(20)21)3-2-4-22-13(17)25-10-6-24-11-8(16)5-23-12(10)11/h7-12,16H,2-6H2,1H3/t7?,8?,9?,10?,11-,12-/m1/s1. The largest absolute Gasteiger partial charge is 0.508 e. The molecule has 2 heterocycles. The van der Waals surface area contributed by atoms with E-state index in [2.05, 4.69) is 9.68 Å². The van der Waals surface area contributed by atoms with Crippen LogP contribution in [0.25, 0.3) is 0 Å². The van der Waals surface area contributed by atoms with Crippen LogP contribution >= 0.6 is 0 Å². The zero-order chi connectivity index (χ0) is 20.0. The van der Waals surface area contributed by atoms with Crippen molar-refractivity contribution in [3.8, 4) is 0 Å². The molecule has 0 bridgehead atoms. The Morgan fingerprint density at radius 3 is 2.52 bits per heavy atom. The van der Waals surface area contributed by atoms with Gasteiger partial charge in [-0.15, -0.1) is 20.2 Å². The molecule has 0 aliphatic carbocycles. The lowest BCUT2D eigenvalue weighted by molar-refractivity contribution is -0.798. The van der Waals surface area contributed by atoms with Crippen LogP contribution in [-0.4, -0.2) is 77.9 Å². The molecule has 14 heteroatoms. The summed E-state index contributed by atoms with van der Waals surface area (Å²) < 4.78 is 20.5. The monoisotopic (exact) mass is 396 g/mol. The highest BCUT2D eigenvalue weighted by Gasteiger charge is 2.49. The van der Waals surface area contributed by atoms with Crippen LogP contribution in [0.2, 0.25) is 0 Å². The topological polar surface area (TPSA) is 179 Å². The van der Waals surface area contributed by atoms with Crippen LogP contribution in [0.15, 0.2) is 0 Å². The fourth-order valence-corrected chi connectivity index (χ4v) is 2.83. The number of aliphatic hydroxyl groups is 1. The zero-order valence-corrected chi connectivity index (χ0v) is 14.3. The van der Waals surface area contributed by atoms with E-state index in [1.54, 1.807) is 0 Å². The van der Waals surface area contributed by atoms with Gasteiger partial charge in [0.15, 0.2) is 6.10 Å². The fraction of sp³-hybridized carbons (Fsp3) is 0.923. The fourth-order valence-electron chi connectivity index (χ4n) is 2.83. The third-order valence-electron chi connectivity index (χ3n) is 4.08. The van der Waals surface area contributed by atoms with Crippen molar-refractivity contribution in [3.05, 3.63) is 20.2 Å². The summed E-state index contributed by atoms with van der Waals surface area (Å²) in [6.07, 6.45) is -5.90. The van der Waals surface area contributed by atoms with Gasteiger partial charge in [-0.1, -0.05) is 0 Å². The maximum Gasteiger partial charge on any atom is 0.508 e. The van der Waals surface area contributed by atoms with Crippen LogP contribution in [-0.2, 0) is 28.6 Å². The Labute approximate surface area is 152 Å². The highest BCUT2D eigenvalue weighted by molar-refractivity contribution is 5.60. The van der Waals surface area contributed by atoms with Crippen molar-refractivity contribution in [1.82, 2.24) is 0 Å². The Morgan fingerprint density at radius 2 is 1.85 bits per heavy atom. The summed E-state index contributed by atoms with van der Waals surface area (Å²) in [5, 5.41) is 28.2. The van der Waals surface area contributed by atoms with E-state index in [4.69, 9.17) is 18.9 Å². The van der Waals surface area contributed by atoms with E-state index in [9.17, 15) is 30.1 Å². The van der Waals surface area contributed by atoms with Crippen molar-refractivity contribution in [2.75, 3.05) is 19.8 Å². The van der Waals surface area contributed by atoms with Gasteiger partial charge in [-0.05, 0) is 19.8 Å². The molecule has 27 heavy (non-hydrogen) atoms. The normalized spacial score (nSPS) is 28.7. The number of hydrogen-bond acceptors (Lipinski definition) is 12. The van der Waals surface area contributed by atoms with Gasteiger partial charge in [0, 0.05) is 0 Å². The molecule has 14 nitrogen and oxygen atoms in total. The summed E-state index contributed by atoms with van der Waals surface area (Å²) in [6.45, 7) is 1.24. The molecule has 0 radical (unpaired) electrons. The summed E-state index contributed by atoms with van der Waals surface area (Å²) in [5.41, 5.74) is 0. The van der Waals surface area contributed by atoms with E-state index in [1.807, 2.05) is 0 Å². The molecule has 2 aliphatic rings. The van der Waals surface area contributed by atoms with Crippen LogP contribution in [0.4, 0.5) is 4.79 Å². The maximum absolute atomic E-state index is 11.7. The second kappa shape index (κ2) is 9.48. The lowest BCUT2D eigenvalue weighted by Crippen LogP contribution is -2.34. The van der Waals surface area contributed by atoms with Crippen LogP contribution in [0.1, 0.15) is 19.8 Å². The lowest BCUT2D eigenvalue weighted by atomic mass is 10.1. The van der Waals surface area contributed by atoms with Crippen molar-refractivity contribution in [2.24, 2.45) is 0 Å². The van der Waals surface area contributed by atoms with E-state index in [0.717, 1.165) is 0 Å². The number of rotatable bonds is 10. The minimum absolute atomic E-state index is 0.0319. The van der Waals surface area contributed by atoms with Crippen molar-refractivity contribution in [1.29, 1.82) is 0 Å². The van der Waals surface area contributed by atoms with Crippen LogP contribution in [0.5, 0.6) is 0 Å². The van der Waals surface area contributed by atoms with Gasteiger partial charge in [-0.3, -0.25) is 0 Å². The van der Waals surface area contributed by atoms with Crippen molar-refractivity contribution >= 4 is 6.16 Å². The molecule has 0 spiro atoms. The number of aliphatic hydroxyl groups excluding tert-OH is 1. The van der Waals surface area contributed by atoms with E-state index < -0.39 is 53.0 Å². The second-order valence-electron chi connectivity index (χ2n) is 5.96. The smallest absolute Gasteiger partial charge is 0.434 e. The van der Waals surface area contributed by atoms with Gasteiger partial charge in [-0.2, -0.15) is 0 Å². The number of fused-ring (bicyclic) bond motifs is 1. The molecule has 2 saturated heterocycles. The van der Waals surface area contributed by atoms with E-state index in [0.29, 0.717) is 0 Å². The zero-order valence-electron chi connectivity index (χ0n) is 14.3. The van der Waals surface area contributed by atoms with Gasteiger partial charge < -0.3 is 33.7 Å². The summed E-state index contributed by atoms with van der Waals surface area (Å²) in [4.78, 5) is 41.1. The molecule has 6 atom stereocenters. The van der Waals surface area contributed by atoms with Gasteiger partial charge in [0.25, 0.3) is 10.2 Å². The molecule has 0 aromatic heterocycles. The molecule has 2 aliphatic heterocycles. The number of hydrogen-bond donors (Lipinski definition) is 1. The van der Waals surface area contributed by atoms with Crippen LogP contribution in [0.3, 0.4) is 0 Å². The Bertz CT molecular complexity index is 545. The molecular weight excluding hydrogens is 376 g/mol. The molecule has 1 N–H and O–H groups in total. The Morgan fingerprint density at radius 1 is 1.19 bits per heavy atom. The van der Waals surface area contributed by atoms with Gasteiger partial charge in [-0.25, -0.2) is 4.79 Å². The average Bonchev–Trinajstić information content (AvgIpc) is 3.13. The maximum atomic E-state index is 11.7. The number of nitrogens with zero attached hydrogens (tertiary/aromatic N) is 2. The minimum Gasteiger partial charge on any atom is -0.434 e. The SMILES string of the molecule is CC(O[N+](=O)[O-])C(CCCOC(=O)OC1CO[C@@H]2C(O)CO[C@H]12)O[N+](=O)[O-]. The molecule has 2 fully saturated rings. The second-order valence-corrected chi connectivity index (χ2v) is 5.96.